The number of hydrogen-bond donors (Lipinski definition) is 2. The van der Waals surface area contributed by atoms with E-state index in [9.17, 15) is 27.9 Å². The van der Waals surface area contributed by atoms with Gasteiger partial charge in [0.1, 0.15) is 11.8 Å². The first-order chi connectivity index (χ1) is 14.7. The van der Waals surface area contributed by atoms with Crippen LogP contribution >= 0.6 is 11.6 Å². The highest BCUT2D eigenvalue weighted by Crippen LogP contribution is 2.38. The highest BCUT2D eigenvalue weighted by atomic mass is 35.5. The molecule has 6 nitrogen and oxygen atoms in total. The number of allylic oxidation sites excluding steroid dienone is 1. The molecule has 0 radical (unpaired) electrons. The molecule has 0 spiro atoms. The molecule has 1 unspecified atom stereocenters. The molecule has 3 aromatic rings. The Morgan fingerprint density at radius 2 is 1.84 bits per heavy atom. The maximum Gasteiger partial charge on any atom is 0.431 e. The number of nitrogens with zero attached hydrogens (tertiary/aromatic N) is 1. The van der Waals surface area contributed by atoms with Crippen molar-refractivity contribution in [2.45, 2.75) is 12.3 Å². The predicted octanol–water partition coefficient (Wildman–Crippen LogP) is 4.47. The summed E-state index contributed by atoms with van der Waals surface area (Å²) < 4.78 is 46.1. The zero-order valence-corrected chi connectivity index (χ0v) is 16.2. The third-order valence-corrected chi connectivity index (χ3v) is 4.87. The van der Waals surface area contributed by atoms with Gasteiger partial charge in [-0.25, -0.2) is 4.98 Å². The number of Topliss-reactive ketones (excluding diaryl/α,β-unsaturated/α-hetero) is 1. The molecule has 0 aliphatic carbocycles. The van der Waals surface area contributed by atoms with Crippen LogP contribution in [0, 0.1) is 0 Å². The number of benzene rings is 1. The zero-order chi connectivity index (χ0) is 22.3. The summed E-state index contributed by atoms with van der Waals surface area (Å²) in [6.45, 7) is 0. The lowest BCUT2D eigenvalue weighted by atomic mass is 9.96. The normalized spacial score (nSPS) is 16.5. The largest absolute Gasteiger partial charge is 0.461 e. The molecule has 1 aromatic carbocycles. The molecule has 1 aliphatic heterocycles. The average Bonchev–Trinajstić information content (AvgIpc) is 3.24. The van der Waals surface area contributed by atoms with Crippen molar-refractivity contribution < 1.29 is 32.3 Å². The van der Waals surface area contributed by atoms with Crippen molar-refractivity contribution in [2.24, 2.45) is 0 Å². The van der Waals surface area contributed by atoms with Crippen molar-refractivity contribution in [2.75, 3.05) is 0 Å². The van der Waals surface area contributed by atoms with Crippen LogP contribution < -0.4 is 5.32 Å². The van der Waals surface area contributed by atoms with Crippen LogP contribution in [0.3, 0.4) is 0 Å². The van der Waals surface area contributed by atoms with E-state index in [4.69, 9.17) is 16.0 Å². The molecule has 2 N–H and O–H groups in total. The van der Waals surface area contributed by atoms with Crippen molar-refractivity contribution in [3.8, 4) is 11.3 Å². The molecule has 1 atom stereocenters. The number of aliphatic hydroxyl groups is 1. The van der Waals surface area contributed by atoms with Gasteiger partial charge < -0.3 is 14.8 Å². The number of fused-ring (bicyclic) bond motifs is 1. The molecule has 10 heteroatoms. The van der Waals surface area contributed by atoms with Gasteiger partial charge in [-0.05, 0) is 36.4 Å². The van der Waals surface area contributed by atoms with Crippen LogP contribution in [0.1, 0.15) is 32.7 Å². The van der Waals surface area contributed by atoms with E-state index in [2.05, 4.69) is 4.98 Å². The molecule has 1 amide bonds. The second-order valence-electron chi connectivity index (χ2n) is 6.59. The fourth-order valence-electron chi connectivity index (χ4n) is 3.18. The molecule has 4 rings (SSSR count). The smallest absolute Gasteiger partial charge is 0.431 e. The summed E-state index contributed by atoms with van der Waals surface area (Å²) >= 11 is 5.87. The van der Waals surface area contributed by atoms with E-state index in [1.807, 2.05) is 0 Å². The Hall–Kier alpha value is -3.43. The van der Waals surface area contributed by atoms with Crippen molar-refractivity contribution in [3.63, 3.8) is 0 Å². The van der Waals surface area contributed by atoms with Gasteiger partial charge in [0.15, 0.2) is 5.76 Å². The number of aliphatic hydroxyl groups excluding tert-OH is 1. The van der Waals surface area contributed by atoms with E-state index in [-0.39, 0.29) is 17.0 Å². The van der Waals surface area contributed by atoms with Gasteiger partial charge in [-0.2, -0.15) is 13.2 Å². The lowest BCUT2D eigenvalue weighted by molar-refractivity contribution is -0.0973. The molecule has 3 heterocycles. The summed E-state index contributed by atoms with van der Waals surface area (Å²) in [5.74, 6) is -2.81. The van der Waals surface area contributed by atoms with Crippen LogP contribution in [0.2, 0.25) is 5.02 Å². The molecular weight excluding hydrogens is 437 g/mol. The Bertz CT molecular complexity index is 1200. The maximum atomic E-state index is 13.7. The predicted molar refractivity (Wildman–Crippen MR) is 103 cm³/mol. The van der Waals surface area contributed by atoms with E-state index >= 15 is 0 Å². The van der Waals surface area contributed by atoms with Gasteiger partial charge in [0.2, 0.25) is 5.78 Å². The van der Waals surface area contributed by atoms with E-state index in [1.165, 1.54) is 18.2 Å². The van der Waals surface area contributed by atoms with Gasteiger partial charge >= 0.3 is 6.18 Å². The number of carbonyl (C=O) groups excluding carboxylic acids is 2. The minimum Gasteiger partial charge on any atom is -0.461 e. The van der Waals surface area contributed by atoms with Crippen molar-refractivity contribution in [1.82, 2.24) is 10.3 Å². The van der Waals surface area contributed by atoms with Gasteiger partial charge in [-0.15, -0.1) is 0 Å². The molecule has 0 saturated carbocycles. The zero-order valence-electron chi connectivity index (χ0n) is 15.4. The first kappa shape index (κ1) is 20.8. The van der Waals surface area contributed by atoms with Gasteiger partial charge in [-0.1, -0.05) is 23.7 Å². The Kier molecular flexibility index (Phi) is 5.16. The first-order valence-corrected chi connectivity index (χ1v) is 9.20. The van der Waals surface area contributed by atoms with Crippen LogP contribution in [-0.4, -0.2) is 28.0 Å². The molecule has 2 aromatic heterocycles. The number of alkyl halides is 3. The van der Waals surface area contributed by atoms with Crippen molar-refractivity contribution in [3.05, 3.63) is 88.1 Å². The van der Waals surface area contributed by atoms with Crippen LogP contribution in [-0.2, 0) is 0 Å². The molecule has 31 heavy (non-hydrogen) atoms. The number of carbonyl (C=O) groups is 2. The van der Waals surface area contributed by atoms with Crippen LogP contribution in [0.15, 0.2) is 70.5 Å². The maximum absolute atomic E-state index is 13.7. The van der Waals surface area contributed by atoms with Gasteiger partial charge in [0, 0.05) is 10.6 Å². The number of pyridine rings is 1. The number of rotatable bonds is 3. The lowest BCUT2D eigenvalue weighted by Crippen LogP contribution is -2.33. The molecule has 0 bridgehead atoms. The molecule has 158 valence electrons. The van der Waals surface area contributed by atoms with Crippen LogP contribution in [0.5, 0.6) is 0 Å². The minimum atomic E-state index is -5.13. The second kappa shape index (κ2) is 7.68. The first-order valence-electron chi connectivity index (χ1n) is 8.82. The monoisotopic (exact) mass is 448 g/mol. The standard InChI is InChI=1S/C21H12ClF3N2O4/c22-11-5-3-10(4-6-11)13-8-7-12-16(26-13)18(29)15(17(28)14-2-1-9-31-14)19(21(23,24)25)27-20(12)30/h1-9,18,29H,(H,27,30). The molecule has 0 saturated heterocycles. The number of ketones is 1. The summed E-state index contributed by atoms with van der Waals surface area (Å²) in [6.07, 6.45) is -6.17. The Morgan fingerprint density at radius 1 is 1.13 bits per heavy atom. The Balaban J connectivity index is 1.91. The topological polar surface area (TPSA) is 92.4 Å². The van der Waals surface area contributed by atoms with Gasteiger partial charge in [-0.3, -0.25) is 9.59 Å². The fourth-order valence-corrected chi connectivity index (χ4v) is 3.31. The second-order valence-corrected chi connectivity index (χ2v) is 7.02. The Morgan fingerprint density at radius 3 is 2.45 bits per heavy atom. The van der Waals surface area contributed by atoms with E-state index < -0.39 is 41.0 Å². The molecule has 0 fully saturated rings. The number of amides is 1. The number of aromatic nitrogens is 1. The molecular formula is C21H12ClF3N2O4. The SMILES string of the molecule is O=C(C1=C(C(F)(F)F)NC(=O)c2ccc(-c3ccc(Cl)cc3)nc2C1O)c1ccco1. The van der Waals surface area contributed by atoms with Crippen molar-refractivity contribution in [1.29, 1.82) is 0 Å². The number of hydrogen-bond acceptors (Lipinski definition) is 5. The summed E-state index contributed by atoms with van der Waals surface area (Å²) in [5, 5.41) is 13.0. The number of halogens is 4. The molecule has 1 aliphatic rings. The minimum absolute atomic E-state index is 0.266. The highest BCUT2D eigenvalue weighted by Gasteiger charge is 2.45. The average molecular weight is 449 g/mol. The Labute approximate surface area is 178 Å². The van der Waals surface area contributed by atoms with E-state index in [1.54, 1.807) is 29.6 Å². The quantitative estimate of drug-likeness (QED) is 0.577. The third-order valence-electron chi connectivity index (χ3n) is 4.62. The fraction of sp³-hybridized carbons (Fsp3) is 0.0952. The van der Waals surface area contributed by atoms with Crippen LogP contribution in [0.4, 0.5) is 13.2 Å². The third kappa shape index (κ3) is 3.85. The van der Waals surface area contributed by atoms with E-state index in [0.29, 0.717) is 10.6 Å². The highest BCUT2D eigenvalue weighted by molar-refractivity contribution is 6.30. The van der Waals surface area contributed by atoms with Crippen LogP contribution in [0.25, 0.3) is 11.3 Å². The van der Waals surface area contributed by atoms with E-state index in [0.717, 1.165) is 12.3 Å². The lowest BCUT2D eigenvalue weighted by Gasteiger charge is -2.18. The van der Waals surface area contributed by atoms with Gasteiger partial charge in [0.05, 0.1) is 28.8 Å². The summed E-state index contributed by atoms with van der Waals surface area (Å²) in [6, 6.07) is 11.5. The number of furan rings is 1. The van der Waals surface area contributed by atoms with Gasteiger partial charge in [0.25, 0.3) is 5.91 Å². The summed E-state index contributed by atoms with van der Waals surface area (Å²) in [5.41, 5.74) is -2.63. The summed E-state index contributed by atoms with van der Waals surface area (Å²) in [7, 11) is 0. The van der Waals surface area contributed by atoms with Crippen molar-refractivity contribution >= 4 is 23.3 Å². The summed E-state index contributed by atoms with van der Waals surface area (Å²) in [4.78, 5) is 29.5. The number of nitrogens with one attached hydrogen (secondary N) is 1.